The van der Waals surface area contributed by atoms with Crippen molar-refractivity contribution in [2.75, 3.05) is 19.8 Å². The summed E-state index contributed by atoms with van der Waals surface area (Å²) < 4.78 is 10.9. The van der Waals surface area contributed by atoms with Crippen molar-refractivity contribution in [1.82, 2.24) is 10.5 Å². The van der Waals surface area contributed by atoms with Crippen molar-refractivity contribution in [2.45, 2.75) is 10.8 Å². The van der Waals surface area contributed by atoms with Crippen LogP contribution in [0.5, 0.6) is 0 Å². The fourth-order valence-electron chi connectivity index (χ4n) is 1.55. The highest BCUT2D eigenvalue weighted by Gasteiger charge is 2.18. The molecule has 88 valence electrons. The van der Waals surface area contributed by atoms with Crippen LogP contribution in [-0.4, -0.2) is 30.8 Å². The van der Waals surface area contributed by atoms with E-state index in [1.54, 1.807) is 6.07 Å². The van der Waals surface area contributed by atoms with E-state index >= 15 is 0 Å². The lowest BCUT2D eigenvalue weighted by molar-refractivity contribution is 0.0936. The second-order valence-corrected chi connectivity index (χ2v) is 4.51. The number of rotatable bonds is 4. The average molecular weight is 336 g/mol. The first kappa shape index (κ1) is 11.8. The Morgan fingerprint density at radius 2 is 2.56 bits per heavy atom. The molecule has 16 heavy (non-hydrogen) atoms. The minimum Gasteiger partial charge on any atom is -0.381 e. The first-order chi connectivity index (χ1) is 7.79. The first-order valence-corrected chi connectivity index (χ1v) is 6.69. The van der Waals surface area contributed by atoms with Crippen molar-refractivity contribution < 1.29 is 14.1 Å². The molecule has 1 unspecified atom stereocenters. The summed E-state index contributed by atoms with van der Waals surface area (Å²) in [5, 5.41) is 6.54. The largest absolute Gasteiger partial charge is 0.381 e. The lowest BCUT2D eigenvalue weighted by Gasteiger charge is -2.07. The Morgan fingerprint density at radius 3 is 3.19 bits per heavy atom. The number of hydrogen-bond donors (Lipinski definition) is 1. The van der Waals surface area contributed by atoms with Crippen molar-refractivity contribution in [3.05, 3.63) is 17.5 Å². The maximum Gasteiger partial charge on any atom is 0.273 e. The third-order valence-electron chi connectivity index (χ3n) is 2.50. The molecule has 5 nitrogen and oxygen atoms in total. The molecule has 1 amide bonds. The predicted octanol–water partition coefficient (Wildman–Crippen LogP) is 1.38. The fourth-order valence-corrected chi connectivity index (χ4v) is 1.91. The number of amides is 1. The molecule has 2 heterocycles. The van der Waals surface area contributed by atoms with Gasteiger partial charge in [0.05, 0.1) is 11.0 Å². The third kappa shape index (κ3) is 2.94. The molecule has 0 saturated carbocycles. The number of alkyl halides is 1. The summed E-state index contributed by atoms with van der Waals surface area (Å²) in [4.78, 5) is 11.7. The molecule has 1 aromatic heterocycles. The van der Waals surface area contributed by atoms with Crippen molar-refractivity contribution in [3.63, 3.8) is 0 Å². The number of carbonyl (C=O) groups is 1. The first-order valence-electron chi connectivity index (χ1n) is 5.17. The SMILES string of the molecule is O=C(NCC1CCOC1)c1cc(CI)on1. The van der Waals surface area contributed by atoms with Crippen LogP contribution in [0.3, 0.4) is 0 Å². The summed E-state index contributed by atoms with van der Waals surface area (Å²) in [6.07, 6.45) is 1.01. The molecule has 0 aromatic carbocycles. The van der Waals surface area contributed by atoms with E-state index in [0.717, 1.165) is 25.4 Å². The number of ether oxygens (including phenoxy) is 1. The number of hydrogen-bond acceptors (Lipinski definition) is 4. The van der Waals surface area contributed by atoms with Crippen LogP contribution in [0.25, 0.3) is 0 Å². The summed E-state index contributed by atoms with van der Waals surface area (Å²) in [5.41, 5.74) is 0.352. The molecule has 1 aliphatic rings. The maximum absolute atomic E-state index is 11.7. The summed E-state index contributed by atoms with van der Waals surface area (Å²) in [6, 6.07) is 1.67. The summed E-state index contributed by atoms with van der Waals surface area (Å²) in [7, 11) is 0. The Labute approximate surface area is 107 Å². The third-order valence-corrected chi connectivity index (χ3v) is 3.25. The summed E-state index contributed by atoms with van der Waals surface area (Å²) >= 11 is 2.16. The Balaban J connectivity index is 1.82. The highest BCUT2D eigenvalue weighted by Crippen LogP contribution is 2.11. The van der Waals surface area contributed by atoms with Gasteiger partial charge in [0, 0.05) is 25.1 Å². The van der Waals surface area contributed by atoms with Crippen LogP contribution < -0.4 is 5.32 Å². The van der Waals surface area contributed by atoms with Gasteiger partial charge < -0.3 is 14.6 Å². The monoisotopic (exact) mass is 336 g/mol. The van der Waals surface area contributed by atoms with Crippen LogP contribution in [0.15, 0.2) is 10.6 Å². The van der Waals surface area contributed by atoms with Gasteiger partial charge in [0.2, 0.25) is 0 Å². The van der Waals surface area contributed by atoms with Crippen LogP contribution in [0.2, 0.25) is 0 Å². The molecular formula is C10H13IN2O3. The van der Waals surface area contributed by atoms with Crippen LogP contribution in [0, 0.1) is 5.92 Å². The van der Waals surface area contributed by atoms with Crippen molar-refractivity contribution in [2.24, 2.45) is 5.92 Å². The molecule has 1 N–H and O–H groups in total. The lowest BCUT2D eigenvalue weighted by atomic mass is 10.1. The Morgan fingerprint density at radius 1 is 1.69 bits per heavy atom. The normalized spacial score (nSPS) is 19.9. The van der Waals surface area contributed by atoms with E-state index in [4.69, 9.17) is 9.26 Å². The minimum atomic E-state index is -0.174. The topological polar surface area (TPSA) is 64.4 Å². The van der Waals surface area contributed by atoms with Crippen LogP contribution in [0.4, 0.5) is 0 Å². The number of halogens is 1. The Kier molecular flexibility index (Phi) is 4.16. The molecule has 1 atom stereocenters. The van der Waals surface area contributed by atoms with Crippen LogP contribution in [-0.2, 0) is 9.16 Å². The van der Waals surface area contributed by atoms with E-state index in [1.807, 2.05) is 0 Å². The zero-order chi connectivity index (χ0) is 11.4. The van der Waals surface area contributed by atoms with E-state index in [-0.39, 0.29) is 5.91 Å². The van der Waals surface area contributed by atoms with Crippen molar-refractivity contribution >= 4 is 28.5 Å². The molecule has 0 spiro atoms. The zero-order valence-corrected chi connectivity index (χ0v) is 10.9. The minimum absolute atomic E-state index is 0.174. The van der Waals surface area contributed by atoms with Gasteiger partial charge in [-0.05, 0) is 6.42 Å². The molecule has 0 aliphatic carbocycles. The van der Waals surface area contributed by atoms with E-state index in [9.17, 15) is 4.79 Å². The van der Waals surface area contributed by atoms with Gasteiger partial charge in [0.25, 0.3) is 5.91 Å². The second kappa shape index (κ2) is 5.62. The van der Waals surface area contributed by atoms with Crippen LogP contribution in [0.1, 0.15) is 22.7 Å². The van der Waals surface area contributed by atoms with E-state index in [2.05, 4.69) is 33.1 Å². The number of nitrogens with zero attached hydrogens (tertiary/aromatic N) is 1. The van der Waals surface area contributed by atoms with E-state index in [1.165, 1.54) is 0 Å². The molecular weight excluding hydrogens is 323 g/mol. The Hall–Kier alpha value is -0.630. The molecule has 1 aliphatic heterocycles. The predicted molar refractivity (Wildman–Crippen MR) is 65.5 cm³/mol. The van der Waals surface area contributed by atoms with Gasteiger partial charge in [-0.2, -0.15) is 0 Å². The molecule has 0 radical (unpaired) electrons. The van der Waals surface area contributed by atoms with E-state index in [0.29, 0.717) is 22.6 Å². The molecule has 1 saturated heterocycles. The zero-order valence-electron chi connectivity index (χ0n) is 8.74. The smallest absolute Gasteiger partial charge is 0.273 e. The molecule has 6 heteroatoms. The molecule has 1 aromatic rings. The van der Waals surface area contributed by atoms with Gasteiger partial charge in [-0.3, -0.25) is 4.79 Å². The standard InChI is InChI=1S/C10H13IN2O3/c11-4-8-3-9(13-16-8)10(14)12-5-7-1-2-15-6-7/h3,7H,1-2,4-6H2,(H,12,14). The number of aromatic nitrogens is 1. The maximum atomic E-state index is 11.7. The van der Waals surface area contributed by atoms with Crippen molar-refractivity contribution in [1.29, 1.82) is 0 Å². The van der Waals surface area contributed by atoms with Gasteiger partial charge in [-0.25, -0.2) is 0 Å². The quantitative estimate of drug-likeness (QED) is 0.666. The number of nitrogens with one attached hydrogen (secondary N) is 1. The van der Waals surface area contributed by atoms with Crippen molar-refractivity contribution in [3.8, 4) is 0 Å². The van der Waals surface area contributed by atoms with Gasteiger partial charge in [0.15, 0.2) is 5.69 Å². The van der Waals surface area contributed by atoms with Crippen LogP contribution >= 0.6 is 22.6 Å². The molecule has 0 bridgehead atoms. The fraction of sp³-hybridized carbons (Fsp3) is 0.600. The van der Waals surface area contributed by atoms with Gasteiger partial charge in [-0.1, -0.05) is 27.7 Å². The highest BCUT2D eigenvalue weighted by molar-refractivity contribution is 14.1. The van der Waals surface area contributed by atoms with Gasteiger partial charge in [-0.15, -0.1) is 0 Å². The molecule has 2 rings (SSSR count). The summed E-state index contributed by atoms with van der Waals surface area (Å²) in [6.45, 7) is 2.17. The van der Waals surface area contributed by atoms with Gasteiger partial charge >= 0.3 is 0 Å². The Bertz CT molecular complexity index is 361. The lowest BCUT2D eigenvalue weighted by Crippen LogP contribution is -2.29. The highest BCUT2D eigenvalue weighted by atomic mass is 127. The van der Waals surface area contributed by atoms with E-state index < -0.39 is 0 Å². The average Bonchev–Trinajstić information content (AvgIpc) is 2.96. The second-order valence-electron chi connectivity index (χ2n) is 3.75. The number of carbonyl (C=O) groups excluding carboxylic acids is 1. The molecule has 1 fully saturated rings. The summed E-state index contributed by atoms with van der Waals surface area (Å²) in [5.74, 6) is 0.974. The van der Waals surface area contributed by atoms with Gasteiger partial charge in [0.1, 0.15) is 5.76 Å².